The molecule has 1 aliphatic rings. The molecule has 2 aromatic rings. The summed E-state index contributed by atoms with van der Waals surface area (Å²) in [5.41, 5.74) is 4.15. The Bertz CT molecular complexity index is 794. The lowest BCUT2D eigenvalue weighted by molar-refractivity contribution is -0.129. The second-order valence-corrected chi connectivity index (χ2v) is 7.03. The van der Waals surface area contributed by atoms with Crippen molar-refractivity contribution < 1.29 is 14.3 Å². The van der Waals surface area contributed by atoms with E-state index in [2.05, 4.69) is 17.2 Å². The number of aromatic amines is 1. The molecule has 2 unspecified atom stereocenters. The van der Waals surface area contributed by atoms with Crippen LogP contribution in [0.15, 0.2) is 18.2 Å². The standard InChI is InChI=1S/C20H26N2O3/c1-4-9-21-19(23)13(3)25-20(24)14-6-8-18-16(11-14)15-10-12(2)5-7-17(15)22-18/h6,8,11-13,22H,4-5,7,9-10H2,1-3H3,(H,21,23). The molecular weight excluding hydrogens is 316 g/mol. The average Bonchev–Trinajstić information content (AvgIpc) is 2.96. The van der Waals surface area contributed by atoms with Crippen LogP contribution >= 0.6 is 0 Å². The van der Waals surface area contributed by atoms with Gasteiger partial charge in [-0.15, -0.1) is 0 Å². The third-order valence-electron chi connectivity index (χ3n) is 4.87. The molecule has 1 amide bonds. The Kier molecular flexibility index (Phi) is 5.11. The zero-order valence-electron chi connectivity index (χ0n) is 15.1. The highest BCUT2D eigenvalue weighted by Gasteiger charge is 2.22. The number of aryl methyl sites for hydroxylation is 1. The van der Waals surface area contributed by atoms with Gasteiger partial charge in [-0.05, 0) is 62.3 Å². The molecule has 2 atom stereocenters. The number of hydrogen-bond acceptors (Lipinski definition) is 3. The summed E-state index contributed by atoms with van der Waals surface area (Å²) in [6, 6.07) is 5.57. The predicted molar refractivity (Wildman–Crippen MR) is 97.7 cm³/mol. The predicted octanol–water partition coefficient (Wildman–Crippen LogP) is 3.36. The number of nitrogens with one attached hydrogen (secondary N) is 2. The molecular formula is C20H26N2O3. The number of carbonyl (C=O) groups is 2. The molecule has 1 aromatic heterocycles. The molecule has 0 saturated carbocycles. The fourth-order valence-corrected chi connectivity index (χ4v) is 3.39. The van der Waals surface area contributed by atoms with Gasteiger partial charge in [0, 0.05) is 23.1 Å². The van der Waals surface area contributed by atoms with Gasteiger partial charge < -0.3 is 15.0 Å². The molecule has 3 rings (SSSR count). The Hall–Kier alpha value is -2.30. The van der Waals surface area contributed by atoms with Gasteiger partial charge in [-0.25, -0.2) is 4.79 Å². The van der Waals surface area contributed by atoms with Crippen molar-refractivity contribution in [3.05, 3.63) is 35.0 Å². The van der Waals surface area contributed by atoms with Gasteiger partial charge in [-0.1, -0.05) is 13.8 Å². The van der Waals surface area contributed by atoms with Crippen molar-refractivity contribution in [2.45, 2.75) is 52.6 Å². The van der Waals surface area contributed by atoms with E-state index in [9.17, 15) is 9.59 Å². The largest absolute Gasteiger partial charge is 0.449 e. The minimum atomic E-state index is -0.796. The molecule has 5 nitrogen and oxygen atoms in total. The van der Waals surface area contributed by atoms with E-state index in [1.54, 1.807) is 13.0 Å². The molecule has 1 aliphatic carbocycles. The van der Waals surface area contributed by atoms with Crippen LogP contribution in [0.4, 0.5) is 0 Å². The third kappa shape index (κ3) is 3.70. The van der Waals surface area contributed by atoms with Gasteiger partial charge >= 0.3 is 5.97 Å². The summed E-state index contributed by atoms with van der Waals surface area (Å²) in [6.45, 7) is 6.42. The van der Waals surface area contributed by atoms with Crippen molar-refractivity contribution in [3.8, 4) is 0 Å². The Labute approximate surface area is 148 Å². The fourth-order valence-electron chi connectivity index (χ4n) is 3.39. The summed E-state index contributed by atoms with van der Waals surface area (Å²) in [5.74, 6) is -0.0617. The summed E-state index contributed by atoms with van der Waals surface area (Å²) in [4.78, 5) is 27.8. The summed E-state index contributed by atoms with van der Waals surface area (Å²) in [5, 5.41) is 3.84. The van der Waals surface area contributed by atoms with Gasteiger partial charge in [0.1, 0.15) is 0 Å². The lowest BCUT2D eigenvalue weighted by Crippen LogP contribution is -2.36. The number of fused-ring (bicyclic) bond motifs is 3. The highest BCUT2D eigenvalue weighted by molar-refractivity contribution is 5.97. The molecule has 2 N–H and O–H groups in total. The quantitative estimate of drug-likeness (QED) is 0.819. The van der Waals surface area contributed by atoms with E-state index in [0.29, 0.717) is 18.0 Å². The molecule has 0 saturated heterocycles. The lowest BCUT2D eigenvalue weighted by atomic mass is 9.87. The highest BCUT2D eigenvalue weighted by Crippen LogP contribution is 2.32. The van der Waals surface area contributed by atoms with Gasteiger partial charge in [0.25, 0.3) is 5.91 Å². The van der Waals surface area contributed by atoms with Crippen molar-refractivity contribution in [1.82, 2.24) is 10.3 Å². The number of hydrogen-bond donors (Lipinski definition) is 2. The first-order valence-corrected chi connectivity index (χ1v) is 9.11. The molecule has 5 heteroatoms. The van der Waals surface area contributed by atoms with Crippen molar-refractivity contribution in [1.29, 1.82) is 0 Å². The van der Waals surface area contributed by atoms with E-state index in [-0.39, 0.29) is 5.91 Å². The Morgan fingerprint density at radius 2 is 2.20 bits per heavy atom. The smallest absolute Gasteiger partial charge is 0.338 e. The van der Waals surface area contributed by atoms with Crippen LogP contribution < -0.4 is 5.32 Å². The Morgan fingerprint density at radius 3 is 2.96 bits per heavy atom. The van der Waals surface area contributed by atoms with Crippen molar-refractivity contribution in [2.75, 3.05) is 6.54 Å². The van der Waals surface area contributed by atoms with Crippen LogP contribution in [0.2, 0.25) is 0 Å². The maximum absolute atomic E-state index is 12.4. The number of amides is 1. The summed E-state index contributed by atoms with van der Waals surface area (Å²) in [6.07, 6.45) is 3.33. The SMILES string of the molecule is CCCNC(=O)C(C)OC(=O)c1ccc2[nH]c3c(c2c1)CC(C)CC3. The van der Waals surface area contributed by atoms with Crippen molar-refractivity contribution in [2.24, 2.45) is 5.92 Å². The van der Waals surface area contributed by atoms with E-state index in [0.717, 1.165) is 30.2 Å². The van der Waals surface area contributed by atoms with Crippen molar-refractivity contribution >= 4 is 22.8 Å². The maximum atomic E-state index is 12.4. The Morgan fingerprint density at radius 1 is 1.40 bits per heavy atom. The normalized spacial score (nSPS) is 17.8. The summed E-state index contributed by atoms with van der Waals surface area (Å²) in [7, 11) is 0. The molecule has 0 spiro atoms. The molecule has 0 fully saturated rings. The van der Waals surface area contributed by atoms with Crippen LogP contribution in [-0.4, -0.2) is 29.5 Å². The molecule has 1 aromatic carbocycles. The number of rotatable bonds is 5. The second-order valence-electron chi connectivity index (χ2n) is 7.03. The van der Waals surface area contributed by atoms with Gasteiger partial charge in [-0.2, -0.15) is 0 Å². The van der Waals surface area contributed by atoms with E-state index < -0.39 is 12.1 Å². The second kappa shape index (κ2) is 7.30. The minimum absolute atomic E-state index is 0.260. The van der Waals surface area contributed by atoms with Crippen molar-refractivity contribution in [3.63, 3.8) is 0 Å². The van der Waals surface area contributed by atoms with Crippen LogP contribution in [0.5, 0.6) is 0 Å². The van der Waals surface area contributed by atoms with Crippen LogP contribution in [-0.2, 0) is 22.4 Å². The first-order chi connectivity index (χ1) is 12.0. The number of esters is 1. The van der Waals surface area contributed by atoms with Crippen LogP contribution in [0.3, 0.4) is 0 Å². The summed E-state index contributed by atoms with van der Waals surface area (Å²) < 4.78 is 5.32. The fraction of sp³-hybridized carbons (Fsp3) is 0.500. The molecule has 0 aliphatic heterocycles. The zero-order chi connectivity index (χ0) is 18.0. The van der Waals surface area contributed by atoms with E-state index in [1.165, 1.54) is 17.7 Å². The molecule has 0 radical (unpaired) electrons. The topological polar surface area (TPSA) is 71.2 Å². The maximum Gasteiger partial charge on any atom is 0.338 e. The first-order valence-electron chi connectivity index (χ1n) is 9.11. The number of ether oxygens (including phenoxy) is 1. The van der Waals surface area contributed by atoms with Gasteiger partial charge in [-0.3, -0.25) is 4.79 Å². The monoisotopic (exact) mass is 342 g/mol. The van der Waals surface area contributed by atoms with E-state index in [4.69, 9.17) is 4.74 Å². The number of aromatic nitrogens is 1. The lowest BCUT2D eigenvalue weighted by Gasteiger charge is -2.18. The van der Waals surface area contributed by atoms with Gasteiger partial charge in [0.05, 0.1) is 5.56 Å². The van der Waals surface area contributed by atoms with Gasteiger partial charge in [0.15, 0.2) is 6.10 Å². The van der Waals surface area contributed by atoms with E-state index >= 15 is 0 Å². The number of H-pyrrole nitrogens is 1. The minimum Gasteiger partial charge on any atom is -0.449 e. The van der Waals surface area contributed by atoms with Gasteiger partial charge in [0.2, 0.25) is 0 Å². The summed E-state index contributed by atoms with van der Waals surface area (Å²) >= 11 is 0. The number of benzene rings is 1. The highest BCUT2D eigenvalue weighted by atomic mass is 16.5. The van der Waals surface area contributed by atoms with Crippen LogP contribution in [0.1, 0.15) is 55.2 Å². The molecule has 0 bridgehead atoms. The molecule has 25 heavy (non-hydrogen) atoms. The van der Waals surface area contributed by atoms with Crippen LogP contribution in [0, 0.1) is 5.92 Å². The number of carbonyl (C=O) groups excluding carboxylic acids is 2. The van der Waals surface area contributed by atoms with Crippen LogP contribution in [0.25, 0.3) is 10.9 Å². The Balaban J connectivity index is 1.78. The average molecular weight is 342 g/mol. The molecule has 134 valence electrons. The zero-order valence-corrected chi connectivity index (χ0v) is 15.1. The third-order valence-corrected chi connectivity index (χ3v) is 4.87. The van der Waals surface area contributed by atoms with E-state index in [1.807, 2.05) is 19.1 Å². The molecule has 1 heterocycles. The first kappa shape index (κ1) is 17.5.